The molecule has 0 saturated carbocycles. The van der Waals surface area contributed by atoms with Crippen molar-refractivity contribution in [3.63, 3.8) is 0 Å². The van der Waals surface area contributed by atoms with E-state index in [1.807, 2.05) is 18.5 Å². The number of amides is 1. The molecule has 4 rings (SSSR count). The van der Waals surface area contributed by atoms with Crippen LogP contribution in [0.3, 0.4) is 0 Å². The predicted molar refractivity (Wildman–Crippen MR) is 85.1 cm³/mol. The Morgan fingerprint density at radius 3 is 2.62 bits per heavy atom. The third-order valence-corrected chi connectivity index (χ3v) is 5.99. The summed E-state index contributed by atoms with van der Waals surface area (Å²) in [6, 6.07) is 0.354. The molecule has 1 amide bonds. The molecule has 0 aliphatic carbocycles. The van der Waals surface area contributed by atoms with Crippen molar-refractivity contribution in [2.24, 2.45) is 5.92 Å². The highest BCUT2D eigenvalue weighted by Crippen LogP contribution is 2.27. The van der Waals surface area contributed by atoms with Crippen LogP contribution >= 0.6 is 15.9 Å². The van der Waals surface area contributed by atoms with Gasteiger partial charge in [0.25, 0.3) is 0 Å². The highest BCUT2D eigenvalue weighted by atomic mass is 79.9. The first kappa shape index (κ1) is 15.0. The van der Waals surface area contributed by atoms with Crippen molar-refractivity contribution < 1.29 is 4.79 Å². The molecule has 1 aromatic heterocycles. The maximum atomic E-state index is 12.2. The van der Waals surface area contributed by atoms with Crippen LogP contribution in [0.4, 0.5) is 0 Å². The second-order valence-electron chi connectivity index (χ2n) is 6.27. The molecule has 1 N–H and O–H groups in total. The molecule has 0 aromatic carbocycles. The normalized spacial score (nSPS) is 27.9. The fourth-order valence-corrected chi connectivity index (χ4v) is 3.79. The van der Waals surface area contributed by atoms with Crippen molar-refractivity contribution in [2.45, 2.75) is 45.7 Å². The molecule has 1 atom stereocenters. The van der Waals surface area contributed by atoms with Crippen LogP contribution < -0.4 is 5.32 Å². The Labute approximate surface area is 134 Å². The Balaban J connectivity index is 1.51. The molecule has 6 heteroatoms. The summed E-state index contributed by atoms with van der Waals surface area (Å²) in [5.74, 6) is 0.833. The van der Waals surface area contributed by atoms with Gasteiger partial charge < -0.3 is 10.2 Å². The van der Waals surface area contributed by atoms with E-state index in [1.165, 1.54) is 25.9 Å². The Bertz CT molecular complexity index is 534. The first-order valence-electron chi connectivity index (χ1n) is 7.76. The molecule has 1 unspecified atom stereocenters. The monoisotopic (exact) mass is 354 g/mol. The molecule has 3 fully saturated rings. The third-order valence-electron chi connectivity index (χ3n) is 4.85. The fourth-order valence-electron chi connectivity index (χ4n) is 3.51. The van der Waals surface area contributed by atoms with Gasteiger partial charge in [-0.15, -0.1) is 0 Å². The van der Waals surface area contributed by atoms with Gasteiger partial charge >= 0.3 is 0 Å². The van der Waals surface area contributed by atoms with E-state index in [2.05, 4.69) is 31.2 Å². The van der Waals surface area contributed by atoms with Crippen molar-refractivity contribution >= 4 is 21.8 Å². The Kier molecular flexibility index (Phi) is 4.36. The first-order valence-corrected chi connectivity index (χ1v) is 8.55. The zero-order valence-corrected chi connectivity index (χ0v) is 14.3. The molecule has 21 heavy (non-hydrogen) atoms. The fraction of sp³-hybridized carbons (Fsp3) is 0.733. The molecule has 4 heterocycles. The minimum atomic E-state index is 0.150. The molecule has 5 nitrogen and oxygen atoms in total. The van der Waals surface area contributed by atoms with Gasteiger partial charge in [-0.2, -0.15) is 5.10 Å². The van der Waals surface area contributed by atoms with E-state index in [9.17, 15) is 4.79 Å². The average Bonchev–Trinajstić information content (AvgIpc) is 2.74. The lowest BCUT2D eigenvalue weighted by Gasteiger charge is -2.44. The van der Waals surface area contributed by atoms with E-state index >= 15 is 0 Å². The van der Waals surface area contributed by atoms with Gasteiger partial charge in [-0.3, -0.25) is 9.48 Å². The summed E-state index contributed by atoms with van der Waals surface area (Å²) >= 11 is 3.52. The summed E-state index contributed by atoms with van der Waals surface area (Å²) in [6.45, 7) is 8.08. The van der Waals surface area contributed by atoms with Crippen LogP contribution in [-0.2, 0) is 11.3 Å². The van der Waals surface area contributed by atoms with Crippen LogP contribution in [0.2, 0.25) is 0 Å². The van der Waals surface area contributed by atoms with Gasteiger partial charge in [0.1, 0.15) is 0 Å². The van der Waals surface area contributed by atoms with E-state index in [-0.39, 0.29) is 5.91 Å². The van der Waals surface area contributed by atoms with Crippen LogP contribution in [0, 0.1) is 19.8 Å². The topological polar surface area (TPSA) is 50.2 Å². The highest BCUT2D eigenvalue weighted by Gasteiger charge is 2.34. The number of hydrogen-bond donors (Lipinski definition) is 1. The lowest BCUT2D eigenvalue weighted by molar-refractivity contribution is -0.123. The molecule has 2 bridgehead atoms. The molecular formula is C15H23BrN4O. The molecule has 3 aliphatic rings. The smallest absolute Gasteiger partial charge is 0.222 e. The Morgan fingerprint density at radius 2 is 2.10 bits per heavy atom. The van der Waals surface area contributed by atoms with E-state index in [4.69, 9.17) is 0 Å². The van der Waals surface area contributed by atoms with Crippen molar-refractivity contribution in [2.75, 3.05) is 19.6 Å². The third kappa shape index (κ3) is 3.16. The Hall–Kier alpha value is -0.880. The van der Waals surface area contributed by atoms with Crippen molar-refractivity contribution in [1.29, 1.82) is 0 Å². The minimum absolute atomic E-state index is 0.150. The number of nitrogens with one attached hydrogen (secondary N) is 1. The van der Waals surface area contributed by atoms with Crippen molar-refractivity contribution in [3.8, 4) is 0 Å². The summed E-state index contributed by atoms with van der Waals surface area (Å²) < 4.78 is 2.95. The summed E-state index contributed by atoms with van der Waals surface area (Å²) in [6.07, 6.45) is 2.96. The number of aryl methyl sites for hydroxylation is 2. The predicted octanol–water partition coefficient (Wildman–Crippen LogP) is 1.86. The molecular weight excluding hydrogens is 332 g/mol. The Morgan fingerprint density at radius 1 is 1.38 bits per heavy atom. The number of carbonyl (C=O) groups is 1. The zero-order valence-electron chi connectivity index (χ0n) is 12.7. The van der Waals surface area contributed by atoms with Gasteiger partial charge in [-0.1, -0.05) is 0 Å². The lowest BCUT2D eigenvalue weighted by Crippen LogP contribution is -2.57. The van der Waals surface area contributed by atoms with E-state index < -0.39 is 0 Å². The van der Waals surface area contributed by atoms with Crippen LogP contribution in [0.15, 0.2) is 4.47 Å². The van der Waals surface area contributed by atoms with Gasteiger partial charge in [0.2, 0.25) is 5.91 Å². The second kappa shape index (κ2) is 6.08. The van der Waals surface area contributed by atoms with Gasteiger partial charge in [0.05, 0.1) is 16.7 Å². The van der Waals surface area contributed by atoms with Gasteiger partial charge in [-0.25, -0.2) is 0 Å². The quantitative estimate of drug-likeness (QED) is 0.897. The number of carbonyl (C=O) groups excluding carboxylic acids is 1. The highest BCUT2D eigenvalue weighted by molar-refractivity contribution is 9.10. The van der Waals surface area contributed by atoms with Gasteiger partial charge in [0, 0.05) is 24.7 Å². The van der Waals surface area contributed by atoms with E-state index in [0.717, 1.165) is 22.4 Å². The van der Waals surface area contributed by atoms with Crippen molar-refractivity contribution in [3.05, 3.63) is 15.9 Å². The lowest BCUT2D eigenvalue weighted by atomic mass is 9.84. The number of hydrogen-bond acceptors (Lipinski definition) is 3. The zero-order chi connectivity index (χ0) is 15.0. The van der Waals surface area contributed by atoms with Gasteiger partial charge in [0.15, 0.2) is 0 Å². The maximum absolute atomic E-state index is 12.2. The SMILES string of the molecule is Cc1nn(CCC(=O)NC2CN3CCC2CC3)c(C)c1Br. The van der Waals surface area contributed by atoms with E-state index in [0.29, 0.717) is 24.9 Å². The molecule has 0 radical (unpaired) electrons. The maximum Gasteiger partial charge on any atom is 0.222 e. The number of halogens is 1. The molecule has 3 saturated heterocycles. The average molecular weight is 355 g/mol. The number of rotatable bonds is 4. The molecule has 3 aliphatic heterocycles. The van der Waals surface area contributed by atoms with Gasteiger partial charge in [-0.05, 0) is 61.6 Å². The minimum Gasteiger partial charge on any atom is -0.352 e. The number of piperidine rings is 3. The molecule has 1 aromatic rings. The van der Waals surface area contributed by atoms with Crippen molar-refractivity contribution in [1.82, 2.24) is 20.0 Å². The molecule has 116 valence electrons. The van der Waals surface area contributed by atoms with Crippen LogP contribution in [-0.4, -0.2) is 46.3 Å². The number of fused-ring (bicyclic) bond motifs is 3. The second-order valence-corrected chi connectivity index (χ2v) is 7.06. The summed E-state index contributed by atoms with van der Waals surface area (Å²) in [7, 11) is 0. The first-order chi connectivity index (χ1) is 10.0. The summed E-state index contributed by atoms with van der Waals surface area (Å²) in [5, 5.41) is 7.68. The van der Waals surface area contributed by atoms with E-state index in [1.54, 1.807) is 0 Å². The van der Waals surface area contributed by atoms with Crippen LogP contribution in [0.25, 0.3) is 0 Å². The largest absolute Gasteiger partial charge is 0.352 e. The summed E-state index contributed by atoms with van der Waals surface area (Å²) in [5.41, 5.74) is 2.06. The van der Waals surface area contributed by atoms with Crippen LogP contribution in [0.1, 0.15) is 30.7 Å². The molecule has 0 spiro atoms. The standard InChI is InChI=1S/C15H23BrN4O/c1-10-15(16)11(2)20(18-10)8-5-14(21)17-13-9-19-6-3-12(13)4-7-19/h12-13H,3-9H2,1-2H3,(H,17,21). The van der Waals surface area contributed by atoms with Crippen LogP contribution in [0.5, 0.6) is 0 Å². The summed E-state index contributed by atoms with van der Waals surface area (Å²) in [4.78, 5) is 14.6. The number of nitrogens with zero attached hydrogens (tertiary/aromatic N) is 3. The number of aromatic nitrogens is 2.